The number of carbonyl (C=O) groups is 1. The Hall–Kier alpha value is -0.570. The van der Waals surface area contributed by atoms with Crippen molar-refractivity contribution in [3.05, 3.63) is 33.8 Å². The molecule has 0 N–H and O–H groups in total. The van der Waals surface area contributed by atoms with Crippen molar-refractivity contribution in [3.63, 3.8) is 0 Å². The number of benzene rings is 1. The highest BCUT2D eigenvalue weighted by Crippen LogP contribution is 2.23. The van der Waals surface area contributed by atoms with Crippen molar-refractivity contribution >= 4 is 29.0 Å². The van der Waals surface area contributed by atoms with Gasteiger partial charge in [0.05, 0.1) is 10.0 Å². The van der Waals surface area contributed by atoms with Gasteiger partial charge in [-0.3, -0.25) is 4.79 Å². The molecule has 0 aliphatic carbocycles. The van der Waals surface area contributed by atoms with Crippen LogP contribution < -0.4 is 0 Å². The molecule has 0 fully saturated rings. The predicted octanol–water partition coefficient (Wildman–Crippen LogP) is 3.21. The molecular weight excluding hydrogens is 223 g/mol. The first-order chi connectivity index (χ1) is 6.56. The molecule has 0 aliphatic heterocycles. The minimum absolute atomic E-state index is 0.105. The molecule has 0 spiro atoms. The van der Waals surface area contributed by atoms with Crippen molar-refractivity contribution < 1.29 is 9.53 Å². The summed E-state index contributed by atoms with van der Waals surface area (Å²) in [6, 6.07) is 4.77. The largest absolute Gasteiger partial charge is 0.374 e. The lowest BCUT2D eigenvalue weighted by Crippen LogP contribution is -2.18. The first-order valence-electron chi connectivity index (χ1n) is 4.08. The summed E-state index contributed by atoms with van der Waals surface area (Å²) in [5, 5.41) is 0.814. The summed E-state index contributed by atoms with van der Waals surface area (Å²) < 4.78 is 4.91. The van der Waals surface area contributed by atoms with Crippen molar-refractivity contribution in [2.45, 2.75) is 13.0 Å². The lowest BCUT2D eigenvalue weighted by atomic mass is 10.1. The van der Waals surface area contributed by atoms with Gasteiger partial charge in [-0.2, -0.15) is 0 Å². The van der Waals surface area contributed by atoms with E-state index in [2.05, 4.69) is 0 Å². The maximum atomic E-state index is 11.6. The van der Waals surface area contributed by atoms with Crippen LogP contribution in [-0.2, 0) is 4.74 Å². The van der Waals surface area contributed by atoms with Crippen LogP contribution in [-0.4, -0.2) is 19.0 Å². The number of ketones is 1. The van der Waals surface area contributed by atoms with Gasteiger partial charge in [-0.25, -0.2) is 0 Å². The Morgan fingerprint density at radius 3 is 2.50 bits per heavy atom. The number of hydrogen-bond donors (Lipinski definition) is 0. The molecule has 0 radical (unpaired) electrons. The van der Waals surface area contributed by atoms with E-state index in [1.54, 1.807) is 25.1 Å². The topological polar surface area (TPSA) is 26.3 Å². The fraction of sp³-hybridized carbons (Fsp3) is 0.300. The zero-order valence-electron chi connectivity index (χ0n) is 7.88. The summed E-state index contributed by atoms with van der Waals surface area (Å²) in [6.07, 6.45) is -0.466. The molecule has 0 heterocycles. The van der Waals surface area contributed by atoms with E-state index >= 15 is 0 Å². The Balaban J connectivity index is 2.97. The molecule has 1 aromatic rings. The first kappa shape index (κ1) is 11.5. The van der Waals surface area contributed by atoms with Gasteiger partial charge in [0.25, 0.3) is 0 Å². The average Bonchev–Trinajstić information content (AvgIpc) is 2.20. The molecule has 0 aliphatic rings. The molecule has 0 saturated heterocycles. The van der Waals surface area contributed by atoms with Crippen molar-refractivity contribution in [1.29, 1.82) is 0 Å². The van der Waals surface area contributed by atoms with Gasteiger partial charge in [0.15, 0.2) is 5.78 Å². The van der Waals surface area contributed by atoms with Gasteiger partial charge in [-0.15, -0.1) is 0 Å². The highest BCUT2D eigenvalue weighted by molar-refractivity contribution is 6.42. The average molecular weight is 233 g/mol. The molecule has 76 valence electrons. The number of methoxy groups -OCH3 is 1. The van der Waals surface area contributed by atoms with E-state index in [1.165, 1.54) is 7.11 Å². The molecule has 1 unspecified atom stereocenters. The second kappa shape index (κ2) is 4.78. The van der Waals surface area contributed by atoms with E-state index in [1.807, 2.05) is 0 Å². The van der Waals surface area contributed by atoms with Crippen LogP contribution in [0.2, 0.25) is 10.0 Å². The molecule has 1 aromatic carbocycles. The number of ether oxygens (including phenoxy) is 1. The van der Waals surface area contributed by atoms with E-state index in [0.717, 1.165) is 0 Å². The van der Waals surface area contributed by atoms with Crippen molar-refractivity contribution in [2.75, 3.05) is 7.11 Å². The predicted molar refractivity (Wildman–Crippen MR) is 57.3 cm³/mol. The van der Waals surface area contributed by atoms with Gasteiger partial charge in [-0.1, -0.05) is 23.2 Å². The van der Waals surface area contributed by atoms with Gasteiger partial charge in [0.2, 0.25) is 0 Å². The molecule has 14 heavy (non-hydrogen) atoms. The Kier molecular flexibility index (Phi) is 3.93. The van der Waals surface area contributed by atoms with Crippen LogP contribution in [0.15, 0.2) is 18.2 Å². The fourth-order valence-electron chi connectivity index (χ4n) is 0.991. The normalized spacial score (nSPS) is 12.6. The highest BCUT2D eigenvalue weighted by Gasteiger charge is 2.14. The third-order valence-electron chi connectivity index (χ3n) is 1.93. The Morgan fingerprint density at radius 1 is 1.36 bits per heavy atom. The smallest absolute Gasteiger partial charge is 0.191 e. The van der Waals surface area contributed by atoms with E-state index in [0.29, 0.717) is 15.6 Å². The van der Waals surface area contributed by atoms with Crippen LogP contribution >= 0.6 is 23.2 Å². The molecule has 0 aromatic heterocycles. The van der Waals surface area contributed by atoms with E-state index in [4.69, 9.17) is 27.9 Å². The third-order valence-corrected chi connectivity index (χ3v) is 2.67. The molecule has 4 heteroatoms. The van der Waals surface area contributed by atoms with Gasteiger partial charge < -0.3 is 4.74 Å². The number of carbonyl (C=O) groups excluding carboxylic acids is 1. The molecule has 1 atom stereocenters. The van der Waals surface area contributed by atoms with E-state index in [-0.39, 0.29) is 5.78 Å². The Bertz CT molecular complexity index is 350. The van der Waals surface area contributed by atoms with Gasteiger partial charge in [0, 0.05) is 12.7 Å². The number of Topliss-reactive ketones (excluding diaryl/α,β-unsaturated/α-hetero) is 1. The zero-order chi connectivity index (χ0) is 10.7. The maximum absolute atomic E-state index is 11.6. The fourth-order valence-corrected chi connectivity index (χ4v) is 1.29. The summed E-state index contributed by atoms with van der Waals surface area (Å²) in [4.78, 5) is 11.6. The van der Waals surface area contributed by atoms with Crippen molar-refractivity contribution in [3.8, 4) is 0 Å². The van der Waals surface area contributed by atoms with Crippen LogP contribution in [0.3, 0.4) is 0 Å². The second-order valence-electron chi connectivity index (χ2n) is 2.87. The number of halogens is 2. The molecule has 0 amide bonds. The first-order valence-corrected chi connectivity index (χ1v) is 4.84. The van der Waals surface area contributed by atoms with Gasteiger partial charge >= 0.3 is 0 Å². The van der Waals surface area contributed by atoms with Crippen LogP contribution in [0, 0.1) is 0 Å². The van der Waals surface area contributed by atoms with Crippen LogP contribution in [0.5, 0.6) is 0 Å². The summed E-state index contributed by atoms with van der Waals surface area (Å²) >= 11 is 11.5. The summed E-state index contributed by atoms with van der Waals surface area (Å²) in [5.41, 5.74) is 0.508. The van der Waals surface area contributed by atoms with E-state index in [9.17, 15) is 4.79 Å². The third kappa shape index (κ3) is 2.47. The minimum Gasteiger partial charge on any atom is -0.374 e. The summed E-state index contributed by atoms with van der Waals surface area (Å²) in [7, 11) is 1.49. The lowest BCUT2D eigenvalue weighted by Gasteiger charge is -2.08. The number of hydrogen-bond acceptors (Lipinski definition) is 2. The molecule has 0 saturated carbocycles. The van der Waals surface area contributed by atoms with E-state index < -0.39 is 6.10 Å². The Labute approximate surface area is 92.8 Å². The van der Waals surface area contributed by atoms with Gasteiger partial charge in [-0.05, 0) is 25.1 Å². The molecule has 2 nitrogen and oxygen atoms in total. The van der Waals surface area contributed by atoms with Gasteiger partial charge in [0.1, 0.15) is 6.10 Å². The quantitative estimate of drug-likeness (QED) is 0.749. The van der Waals surface area contributed by atoms with Crippen LogP contribution in [0.25, 0.3) is 0 Å². The molecule has 0 bridgehead atoms. The Morgan fingerprint density at radius 2 is 2.00 bits per heavy atom. The molecule has 1 rings (SSSR count). The SMILES string of the molecule is COC(C)C(=O)c1ccc(Cl)c(Cl)c1. The monoisotopic (exact) mass is 232 g/mol. The van der Waals surface area contributed by atoms with Crippen molar-refractivity contribution in [1.82, 2.24) is 0 Å². The zero-order valence-corrected chi connectivity index (χ0v) is 9.39. The van der Waals surface area contributed by atoms with Crippen LogP contribution in [0.1, 0.15) is 17.3 Å². The second-order valence-corrected chi connectivity index (χ2v) is 3.69. The van der Waals surface area contributed by atoms with Crippen molar-refractivity contribution in [2.24, 2.45) is 0 Å². The minimum atomic E-state index is -0.466. The van der Waals surface area contributed by atoms with Crippen LogP contribution in [0.4, 0.5) is 0 Å². The molecular formula is C10H10Cl2O2. The highest BCUT2D eigenvalue weighted by atomic mass is 35.5. The summed E-state index contributed by atoms with van der Waals surface area (Å²) in [5.74, 6) is -0.105. The maximum Gasteiger partial charge on any atom is 0.191 e. The lowest BCUT2D eigenvalue weighted by molar-refractivity contribution is 0.0655. The summed E-state index contributed by atoms with van der Waals surface area (Å²) in [6.45, 7) is 1.69. The standard InChI is InChI=1S/C10H10Cl2O2/c1-6(14-2)10(13)7-3-4-8(11)9(12)5-7/h3-6H,1-2H3. The number of rotatable bonds is 3.